The molecule has 0 aliphatic rings. The van der Waals surface area contributed by atoms with Crippen LogP contribution in [0.3, 0.4) is 0 Å². The van der Waals surface area contributed by atoms with Crippen molar-refractivity contribution in [1.82, 2.24) is 0 Å². The first kappa shape index (κ1) is 11.5. The monoisotopic (exact) mass is 261 g/mol. The van der Waals surface area contributed by atoms with Gasteiger partial charge in [-0.15, -0.1) is 0 Å². The summed E-state index contributed by atoms with van der Waals surface area (Å²) in [5.74, 6) is 0.703. The van der Waals surface area contributed by atoms with E-state index in [-0.39, 0.29) is 13.2 Å². The summed E-state index contributed by atoms with van der Waals surface area (Å²) in [4.78, 5) is 0. The molecular formula is C10H13O3Se. The zero-order chi connectivity index (χ0) is 10.4. The molecule has 0 fully saturated rings. The minimum atomic E-state index is -0.811. The molecule has 0 heterocycles. The van der Waals surface area contributed by atoms with Gasteiger partial charge in [-0.3, -0.25) is 0 Å². The van der Waals surface area contributed by atoms with E-state index >= 15 is 0 Å². The molecule has 0 saturated carbocycles. The standard InChI is InChI=1S/C10H13O3Se/c11-5-9(12)6-13-10-3-1-8(7-14)2-4-10/h1-4,9,11-12H,5-7H2. The van der Waals surface area contributed by atoms with Gasteiger partial charge < -0.3 is 0 Å². The van der Waals surface area contributed by atoms with Crippen LogP contribution in [0, 0.1) is 0 Å². The Balaban J connectivity index is 2.43. The zero-order valence-electron chi connectivity index (χ0n) is 7.72. The summed E-state index contributed by atoms with van der Waals surface area (Å²) in [6, 6.07) is 7.60. The number of ether oxygens (including phenoxy) is 1. The third-order valence-electron chi connectivity index (χ3n) is 1.74. The van der Waals surface area contributed by atoms with Crippen molar-refractivity contribution in [2.45, 2.75) is 11.4 Å². The van der Waals surface area contributed by atoms with Gasteiger partial charge in [0.1, 0.15) is 0 Å². The van der Waals surface area contributed by atoms with Crippen molar-refractivity contribution in [3.63, 3.8) is 0 Å². The number of benzene rings is 1. The van der Waals surface area contributed by atoms with Gasteiger partial charge in [0.05, 0.1) is 0 Å². The van der Waals surface area contributed by atoms with Crippen molar-refractivity contribution in [3.05, 3.63) is 29.8 Å². The quantitative estimate of drug-likeness (QED) is 0.738. The van der Waals surface area contributed by atoms with Crippen LogP contribution in [0.1, 0.15) is 5.56 Å². The molecule has 0 saturated heterocycles. The molecule has 0 aliphatic carbocycles. The molecule has 1 unspecified atom stereocenters. The molecule has 1 atom stereocenters. The Hall–Kier alpha value is -0.541. The number of hydrogen-bond donors (Lipinski definition) is 2. The first-order valence-corrected chi connectivity index (χ1v) is 5.56. The molecule has 1 radical (unpaired) electrons. The SMILES string of the molecule is OCC(O)COc1ccc(C[Se])cc1. The van der Waals surface area contributed by atoms with Crippen LogP contribution in [0.25, 0.3) is 0 Å². The molecule has 0 amide bonds. The molecule has 4 heteroatoms. The van der Waals surface area contributed by atoms with Crippen LogP contribution >= 0.6 is 0 Å². The third-order valence-corrected chi connectivity index (χ3v) is 2.44. The molecule has 2 N–H and O–H groups in total. The zero-order valence-corrected chi connectivity index (χ0v) is 9.43. The van der Waals surface area contributed by atoms with Crippen LogP contribution in [0.2, 0.25) is 0 Å². The second kappa shape index (κ2) is 6.04. The topological polar surface area (TPSA) is 49.7 Å². The van der Waals surface area contributed by atoms with Gasteiger partial charge in [0.2, 0.25) is 0 Å². The van der Waals surface area contributed by atoms with Gasteiger partial charge in [-0.25, -0.2) is 0 Å². The summed E-state index contributed by atoms with van der Waals surface area (Å²) in [5, 5.41) is 18.5. The van der Waals surface area contributed by atoms with Gasteiger partial charge in [-0.2, -0.15) is 0 Å². The molecular weight excluding hydrogens is 247 g/mol. The van der Waals surface area contributed by atoms with Crippen molar-refractivity contribution in [3.8, 4) is 5.75 Å². The van der Waals surface area contributed by atoms with Crippen molar-refractivity contribution in [2.24, 2.45) is 0 Å². The van der Waals surface area contributed by atoms with Crippen molar-refractivity contribution in [1.29, 1.82) is 0 Å². The van der Waals surface area contributed by atoms with Gasteiger partial charge >= 0.3 is 91.2 Å². The summed E-state index contributed by atoms with van der Waals surface area (Å²) >= 11 is 2.92. The van der Waals surface area contributed by atoms with E-state index < -0.39 is 6.10 Å². The average Bonchev–Trinajstić information content (AvgIpc) is 2.26. The van der Waals surface area contributed by atoms with E-state index in [4.69, 9.17) is 14.9 Å². The molecule has 0 bridgehead atoms. The van der Waals surface area contributed by atoms with Crippen LogP contribution in [0.4, 0.5) is 0 Å². The summed E-state index contributed by atoms with van der Waals surface area (Å²) in [5.41, 5.74) is 1.19. The van der Waals surface area contributed by atoms with Crippen molar-refractivity contribution in [2.75, 3.05) is 13.2 Å². The second-order valence-electron chi connectivity index (χ2n) is 2.94. The minimum absolute atomic E-state index is 0.119. The van der Waals surface area contributed by atoms with E-state index in [1.807, 2.05) is 24.3 Å². The Labute approximate surface area is 91.5 Å². The second-order valence-corrected chi connectivity index (χ2v) is 3.54. The summed E-state index contributed by atoms with van der Waals surface area (Å²) < 4.78 is 5.24. The Morgan fingerprint density at radius 1 is 1.29 bits per heavy atom. The van der Waals surface area contributed by atoms with Gasteiger partial charge in [0.15, 0.2) is 0 Å². The summed E-state index contributed by atoms with van der Waals surface area (Å²) in [7, 11) is 0. The Kier molecular flexibility index (Phi) is 4.98. The molecule has 1 rings (SSSR count). The van der Waals surface area contributed by atoms with E-state index in [1.165, 1.54) is 5.56 Å². The van der Waals surface area contributed by atoms with Crippen molar-refractivity contribution < 1.29 is 14.9 Å². The van der Waals surface area contributed by atoms with Crippen molar-refractivity contribution >= 4 is 16.0 Å². The summed E-state index contributed by atoms with van der Waals surface area (Å²) in [6.07, 6.45) is -0.811. The number of hydrogen-bond acceptors (Lipinski definition) is 3. The van der Waals surface area contributed by atoms with Crippen LogP contribution in [-0.2, 0) is 5.32 Å². The van der Waals surface area contributed by atoms with Gasteiger partial charge in [-0.05, 0) is 0 Å². The maximum absolute atomic E-state index is 9.04. The molecule has 3 nitrogen and oxygen atoms in total. The molecule has 77 valence electrons. The molecule has 0 spiro atoms. The van der Waals surface area contributed by atoms with Crippen LogP contribution in [0.15, 0.2) is 24.3 Å². The first-order valence-electron chi connectivity index (χ1n) is 4.35. The van der Waals surface area contributed by atoms with E-state index in [0.29, 0.717) is 5.75 Å². The first-order chi connectivity index (χ1) is 6.76. The van der Waals surface area contributed by atoms with Gasteiger partial charge in [0.25, 0.3) is 0 Å². The fourth-order valence-electron chi connectivity index (χ4n) is 0.927. The van der Waals surface area contributed by atoms with E-state index in [1.54, 1.807) is 0 Å². The van der Waals surface area contributed by atoms with E-state index in [0.717, 1.165) is 5.32 Å². The Bertz CT molecular complexity index is 261. The Morgan fingerprint density at radius 3 is 2.43 bits per heavy atom. The van der Waals surface area contributed by atoms with Crippen LogP contribution in [-0.4, -0.2) is 45.5 Å². The van der Waals surface area contributed by atoms with Crippen LogP contribution in [0.5, 0.6) is 5.75 Å². The molecule has 0 aliphatic heterocycles. The third kappa shape index (κ3) is 3.68. The fraction of sp³-hybridized carbons (Fsp3) is 0.400. The average molecular weight is 260 g/mol. The predicted molar refractivity (Wildman–Crippen MR) is 54.5 cm³/mol. The molecule has 1 aromatic rings. The Morgan fingerprint density at radius 2 is 1.93 bits per heavy atom. The van der Waals surface area contributed by atoms with Gasteiger partial charge in [-0.1, -0.05) is 0 Å². The normalized spacial score (nSPS) is 12.5. The molecule has 1 aromatic carbocycles. The molecule has 0 aromatic heterocycles. The number of rotatable bonds is 5. The molecule has 14 heavy (non-hydrogen) atoms. The van der Waals surface area contributed by atoms with Gasteiger partial charge in [0, 0.05) is 0 Å². The predicted octanol–water partition coefficient (Wildman–Crippen LogP) is 0.0871. The van der Waals surface area contributed by atoms with E-state index in [9.17, 15) is 0 Å². The number of aliphatic hydroxyl groups excluding tert-OH is 2. The fourth-order valence-corrected chi connectivity index (χ4v) is 1.33. The maximum atomic E-state index is 9.04. The number of aliphatic hydroxyl groups is 2. The van der Waals surface area contributed by atoms with E-state index in [2.05, 4.69) is 16.0 Å². The van der Waals surface area contributed by atoms with Crippen LogP contribution < -0.4 is 4.74 Å². The summed E-state index contributed by atoms with van der Waals surface area (Å²) in [6.45, 7) is -0.157.